The maximum Gasteiger partial charge on any atom is -0.0313 e. The molecule has 0 nitrogen and oxygen atoms in total. The quantitative estimate of drug-likeness (QED) is 0.472. The van der Waals surface area contributed by atoms with Crippen molar-refractivity contribution in [1.29, 1.82) is 0 Å². The molecule has 0 spiro atoms. The van der Waals surface area contributed by atoms with E-state index in [0.29, 0.717) is 0 Å². The highest BCUT2D eigenvalue weighted by molar-refractivity contribution is 5.03. The van der Waals surface area contributed by atoms with Crippen LogP contribution >= 0.6 is 0 Å². The first kappa shape index (κ1) is 9.31. The third kappa shape index (κ3) is 4.95. The Morgan fingerprint density at radius 2 is 1.00 bits per heavy atom. The summed E-state index contributed by atoms with van der Waals surface area (Å²) in [4.78, 5) is 0. The first-order chi connectivity index (χ1) is 6.00. The van der Waals surface area contributed by atoms with Gasteiger partial charge in [0.1, 0.15) is 0 Å². The van der Waals surface area contributed by atoms with Gasteiger partial charge >= 0.3 is 0 Å². The lowest BCUT2D eigenvalue weighted by Crippen LogP contribution is -1.74. The van der Waals surface area contributed by atoms with Gasteiger partial charge in [0.15, 0.2) is 0 Å². The molecule has 0 aromatic rings. The number of hydrogen-bond donors (Lipinski definition) is 0. The van der Waals surface area contributed by atoms with E-state index >= 15 is 0 Å². The van der Waals surface area contributed by atoms with Crippen molar-refractivity contribution in [3.8, 4) is 0 Å². The van der Waals surface area contributed by atoms with Crippen LogP contribution in [0.15, 0.2) is 36.5 Å². The zero-order chi connectivity index (χ0) is 8.49. The maximum atomic E-state index is 2.32. The summed E-state index contributed by atoms with van der Waals surface area (Å²) in [6.45, 7) is 0. The molecule has 0 amide bonds. The molecular formula is C12H18. The summed E-state index contributed by atoms with van der Waals surface area (Å²) in [5, 5.41) is 0. The van der Waals surface area contributed by atoms with Crippen LogP contribution in [0.5, 0.6) is 0 Å². The van der Waals surface area contributed by atoms with E-state index in [1.165, 1.54) is 38.5 Å². The van der Waals surface area contributed by atoms with Gasteiger partial charge in [-0.3, -0.25) is 0 Å². The van der Waals surface area contributed by atoms with Crippen LogP contribution in [0.1, 0.15) is 38.5 Å². The smallest absolute Gasteiger partial charge is 0.0313 e. The van der Waals surface area contributed by atoms with Crippen LogP contribution in [0.3, 0.4) is 0 Å². The molecule has 0 aliphatic heterocycles. The van der Waals surface area contributed by atoms with Crippen LogP contribution in [0.2, 0.25) is 0 Å². The summed E-state index contributed by atoms with van der Waals surface area (Å²) in [6, 6.07) is 0. The Morgan fingerprint density at radius 3 is 1.83 bits per heavy atom. The van der Waals surface area contributed by atoms with Crippen LogP contribution in [0, 0.1) is 0 Å². The zero-order valence-corrected chi connectivity index (χ0v) is 7.71. The fourth-order valence-electron chi connectivity index (χ4n) is 1.30. The Labute approximate surface area is 75.7 Å². The van der Waals surface area contributed by atoms with E-state index in [1.54, 1.807) is 0 Å². The van der Waals surface area contributed by atoms with Crippen molar-refractivity contribution < 1.29 is 0 Å². The van der Waals surface area contributed by atoms with Crippen LogP contribution in [0.4, 0.5) is 0 Å². The van der Waals surface area contributed by atoms with E-state index in [1.807, 2.05) is 0 Å². The average Bonchev–Trinajstić information content (AvgIpc) is 2.05. The van der Waals surface area contributed by atoms with Gasteiger partial charge in [-0.25, -0.2) is 0 Å². The largest absolute Gasteiger partial charge is 0.0885 e. The molecule has 1 aliphatic rings. The van der Waals surface area contributed by atoms with Gasteiger partial charge in [-0.1, -0.05) is 36.5 Å². The van der Waals surface area contributed by atoms with Gasteiger partial charge in [-0.15, -0.1) is 0 Å². The van der Waals surface area contributed by atoms with Gasteiger partial charge in [0.2, 0.25) is 0 Å². The Morgan fingerprint density at radius 1 is 0.500 bits per heavy atom. The highest BCUT2D eigenvalue weighted by Gasteiger charge is 1.84. The molecule has 1 aliphatic carbocycles. The second-order valence-electron chi connectivity index (χ2n) is 3.19. The molecule has 0 unspecified atom stereocenters. The second-order valence-corrected chi connectivity index (χ2v) is 3.19. The minimum Gasteiger partial charge on any atom is -0.0885 e. The van der Waals surface area contributed by atoms with E-state index in [0.717, 1.165) is 0 Å². The standard InChI is InChI=1S/C12H18/c1-2-4-6-8-10-12-11-9-7-5-3-1/h1-4,9,11H,5-8,10,12H2/b3-1+,4-2-,11-9-. The number of allylic oxidation sites excluding steroid dienone is 6. The van der Waals surface area contributed by atoms with Gasteiger partial charge in [-0.2, -0.15) is 0 Å². The minimum absolute atomic E-state index is 1.18. The molecule has 1 rings (SSSR count). The molecule has 0 heteroatoms. The van der Waals surface area contributed by atoms with Crippen molar-refractivity contribution >= 4 is 0 Å². The number of hydrogen-bond acceptors (Lipinski definition) is 0. The SMILES string of the molecule is C1=C\CCCC/C=C\CC/C=C/1. The second kappa shape index (κ2) is 6.90. The normalized spacial score (nSPS) is 28.0. The molecule has 0 bridgehead atoms. The summed E-state index contributed by atoms with van der Waals surface area (Å²) in [7, 11) is 0. The maximum absolute atomic E-state index is 2.32. The lowest BCUT2D eigenvalue weighted by atomic mass is 10.1. The van der Waals surface area contributed by atoms with Crippen LogP contribution in [-0.2, 0) is 0 Å². The molecule has 66 valence electrons. The molecule has 0 radical (unpaired) electrons. The topological polar surface area (TPSA) is 0 Å². The molecule has 0 saturated carbocycles. The monoisotopic (exact) mass is 162 g/mol. The summed E-state index contributed by atoms with van der Waals surface area (Å²) in [6.07, 6.45) is 21.0. The third-order valence-electron chi connectivity index (χ3n) is 2.04. The van der Waals surface area contributed by atoms with E-state index in [4.69, 9.17) is 0 Å². The molecule has 0 atom stereocenters. The highest BCUT2D eigenvalue weighted by atomic mass is 13.9. The Kier molecular flexibility index (Phi) is 5.35. The highest BCUT2D eigenvalue weighted by Crippen LogP contribution is 2.04. The zero-order valence-electron chi connectivity index (χ0n) is 7.71. The average molecular weight is 162 g/mol. The van der Waals surface area contributed by atoms with Crippen molar-refractivity contribution in [3.05, 3.63) is 36.5 Å². The van der Waals surface area contributed by atoms with Crippen LogP contribution in [-0.4, -0.2) is 0 Å². The summed E-state index contributed by atoms with van der Waals surface area (Å²) in [5.41, 5.74) is 0. The van der Waals surface area contributed by atoms with E-state index < -0.39 is 0 Å². The van der Waals surface area contributed by atoms with E-state index in [2.05, 4.69) is 36.5 Å². The first-order valence-electron chi connectivity index (χ1n) is 4.97. The van der Waals surface area contributed by atoms with Crippen molar-refractivity contribution in [2.24, 2.45) is 0 Å². The third-order valence-corrected chi connectivity index (χ3v) is 2.04. The van der Waals surface area contributed by atoms with E-state index in [-0.39, 0.29) is 0 Å². The lowest BCUT2D eigenvalue weighted by molar-refractivity contribution is 0.760. The Balaban J connectivity index is 2.31. The number of rotatable bonds is 0. The van der Waals surface area contributed by atoms with Gasteiger partial charge in [0.25, 0.3) is 0 Å². The Hall–Kier alpha value is -0.780. The fourth-order valence-corrected chi connectivity index (χ4v) is 1.30. The molecule has 12 heavy (non-hydrogen) atoms. The van der Waals surface area contributed by atoms with Gasteiger partial charge in [0.05, 0.1) is 0 Å². The molecule has 0 saturated heterocycles. The van der Waals surface area contributed by atoms with Crippen LogP contribution in [0.25, 0.3) is 0 Å². The lowest BCUT2D eigenvalue weighted by Gasteiger charge is -1.94. The van der Waals surface area contributed by atoms with Gasteiger partial charge in [0, 0.05) is 0 Å². The molecule has 0 aromatic heterocycles. The van der Waals surface area contributed by atoms with Crippen molar-refractivity contribution in [2.75, 3.05) is 0 Å². The van der Waals surface area contributed by atoms with Gasteiger partial charge < -0.3 is 0 Å². The summed E-state index contributed by atoms with van der Waals surface area (Å²) < 4.78 is 0. The first-order valence-corrected chi connectivity index (χ1v) is 4.97. The molecule has 0 aromatic carbocycles. The van der Waals surface area contributed by atoms with Crippen molar-refractivity contribution in [1.82, 2.24) is 0 Å². The van der Waals surface area contributed by atoms with E-state index in [9.17, 15) is 0 Å². The predicted octanol–water partition coefficient (Wildman–Crippen LogP) is 4.01. The van der Waals surface area contributed by atoms with Crippen molar-refractivity contribution in [2.45, 2.75) is 38.5 Å². The van der Waals surface area contributed by atoms with Gasteiger partial charge in [-0.05, 0) is 38.5 Å². The van der Waals surface area contributed by atoms with Crippen LogP contribution < -0.4 is 0 Å². The predicted molar refractivity (Wildman–Crippen MR) is 55.1 cm³/mol. The molecule has 0 fully saturated rings. The minimum atomic E-state index is 1.18. The summed E-state index contributed by atoms with van der Waals surface area (Å²) in [5.74, 6) is 0. The molecular weight excluding hydrogens is 144 g/mol. The summed E-state index contributed by atoms with van der Waals surface area (Å²) >= 11 is 0. The molecule has 0 N–H and O–H groups in total. The Bertz CT molecular complexity index is 172. The molecule has 0 heterocycles. The van der Waals surface area contributed by atoms with Crippen molar-refractivity contribution in [3.63, 3.8) is 0 Å². The fraction of sp³-hybridized carbons (Fsp3) is 0.500.